The van der Waals surface area contributed by atoms with Crippen LogP contribution in [-0.2, 0) is 4.79 Å². The van der Waals surface area contributed by atoms with Crippen molar-refractivity contribution >= 4 is 11.7 Å². The number of hydrogen-bond acceptors (Lipinski definition) is 4. The van der Waals surface area contributed by atoms with Gasteiger partial charge in [-0.2, -0.15) is 5.26 Å². The average molecular weight is 274 g/mol. The van der Waals surface area contributed by atoms with Gasteiger partial charge in [-0.3, -0.25) is 4.79 Å². The number of carbonyl (C=O) groups is 1. The first-order valence-corrected chi connectivity index (χ1v) is 6.74. The van der Waals surface area contributed by atoms with Gasteiger partial charge in [-0.1, -0.05) is 6.92 Å². The molecule has 0 saturated carbocycles. The van der Waals surface area contributed by atoms with Gasteiger partial charge >= 0.3 is 0 Å². The molecule has 0 spiro atoms. The van der Waals surface area contributed by atoms with Crippen molar-refractivity contribution in [2.24, 2.45) is 0 Å². The molecule has 0 saturated heterocycles. The zero-order valence-electron chi connectivity index (χ0n) is 12.9. The van der Waals surface area contributed by atoms with Crippen LogP contribution in [-0.4, -0.2) is 43.0 Å². The van der Waals surface area contributed by atoms with Crippen LogP contribution in [0.5, 0.6) is 0 Å². The Balaban J connectivity index is 3.21. The molecule has 1 aromatic heterocycles. The first-order valence-electron chi connectivity index (χ1n) is 6.74. The molecule has 0 aliphatic carbocycles. The van der Waals surface area contributed by atoms with Crippen LogP contribution in [0.1, 0.15) is 30.2 Å². The molecule has 0 radical (unpaired) electrons. The quantitative estimate of drug-likeness (QED) is 0.822. The summed E-state index contributed by atoms with van der Waals surface area (Å²) in [7, 11) is 3.46. The van der Waals surface area contributed by atoms with E-state index in [1.165, 1.54) is 0 Å². The van der Waals surface area contributed by atoms with Gasteiger partial charge in [0, 0.05) is 26.3 Å². The van der Waals surface area contributed by atoms with Crippen LogP contribution >= 0.6 is 0 Å². The van der Waals surface area contributed by atoms with Crippen molar-refractivity contribution in [1.29, 1.82) is 5.26 Å². The Kier molecular flexibility index (Phi) is 5.51. The molecule has 1 amide bonds. The molecule has 1 aromatic rings. The van der Waals surface area contributed by atoms with Crippen LogP contribution in [0.2, 0.25) is 0 Å². The summed E-state index contributed by atoms with van der Waals surface area (Å²) in [4.78, 5) is 19.9. The largest absolute Gasteiger partial charge is 0.347 e. The number of nitrogens with zero attached hydrogens (tertiary/aromatic N) is 4. The van der Waals surface area contributed by atoms with E-state index in [-0.39, 0.29) is 12.5 Å². The Morgan fingerprint density at radius 3 is 2.55 bits per heavy atom. The van der Waals surface area contributed by atoms with Crippen molar-refractivity contribution in [3.8, 4) is 6.07 Å². The van der Waals surface area contributed by atoms with Gasteiger partial charge in [-0.15, -0.1) is 0 Å². The molecule has 0 aliphatic rings. The number of carbonyl (C=O) groups excluding carboxylic acids is 1. The van der Waals surface area contributed by atoms with E-state index in [0.29, 0.717) is 17.9 Å². The molecule has 0 unspecified atom stereocenters. The van der Waals surface area contributed by atoms with E-state index in [1.54, 1.807) is 19.0 Å². The summed E-state index contributed by atoms with van der Waals surface area (Å²) in [5.74, 6) is 0.616. The lowest BCUT2D eigenvalue weighted by Crippen LogP contribution is -2.38. The zero-order valence-corrected chi connectivity index (χ0v) is 12.9. The maximum absolute atomic E-state index is 11.9. The summed E-state index contributed by atoms with van der Waals surface area (Å²) in [5.41, 5.74) is 2.30. The molecule has 0 aromatic carbocycles. The normalized spacial score (nSPS) is 10.0. The highest BCUT2D eigenvalue weighted by molar-refractivity contribution is 5.81. The van der Waals surface area contributed by atoms with Crippen LogP contribution in [0.4, 0.5) is 5.82 Å². The summed E-state index contributed by atoms with van der Waals surface area (Å²) in [6.07, 6.45) is 0.889. The van der Waals surface area contributed by atoms with Crippen LogP contribution in [0.15, 0.2) is 6.07 Å². The minimum absolute atomic E-state index is 0.00305. The summed E-state index contributed by atoms with van der Waals surface area (Å²) in [6, 6.07) is 4.09. The molecule has 0 N–H and O–H groups in total. The second-order valence-corrected chi connectivity index (χ2v) is 5.10. The van der Waals surface area contributed by atoms with Crippen molar-refractivity contribution in [1.82, 2.24) is 9.88 Å². The third-order valence-electron chi connectivity index (χ3n) is 3.06. The number of amides is 1. The fourth-order valence-corrected chi connectivity index (χ4v) is 2.02. The first kappa shape index (κ1) is 16.0. The SMILES string of the molecule is CCCN(CC(=O)N(C)C)c1nc(C)cc(C)c1C#N. The van der Waals surface area contributed by atoms with E-state index >= 15 is 0 Å². The van der Waals surface area contributed by atoms with Gasteiger partial charge in [0.25, 0.3) is 0 Å². The van der Waals surface area contributed by atoms with Crippen LogP contribution in [0.3, 0.4) is 0 Å². The Hall–Kier alpha value is -2.09. The van der Waals surface area contributed by atoms with Crippen LogP contribution in [0, 0.1) is 25.2 Å². The maximum Gasteiger partial charge on any atom is 0.241 e. The summed E-state index contributed by atoms with van der Waals surface area (Å²) >= 11 is 0. The van der Waals surface area contributed by atoms with Gasteiger partial charge in [0.2, 0.25) is 5.91 Å². The second-order valence-electron chi connectivity index (χ2n) is 5.10. The van der Waals surface area contributed by atoms with Gasteiger partial charge in [-0.05, 0) is 31.9 Å². The lowest BCUT2D eigenvalue weighted by molar-refractivity contribution is -0.127. The molecule has 0 bridgehead atoms. The first-order chi connectivity index (χ1) is 9.40. The van der Waals surface area contributed by atoms with Gasteiger partial charge in [0.1, 0.15) is 11.9 Å². The third kappa shape index (κ3) is 3.70. The smallest absolute Gasteiger partial charge is 0.241 e. The molecular weight excluding hydrogens is 252 g/mol. The standard InChI is InChI=1S/C15H22N4O/c1-6-7-19(10-14(20)18(4)5)15-13(9-16)11(2)8-12(3)17-15/h8H,6-7,10H2,1-5H3. The monoisotopic (exact) mass is 274 g/mol. The van der Waals surface area contributed by atoms with E-state index in [0.717, 1.165) is 17.7 Å². The van der Waals surface area contributed by atoms with Crippen molar-refractivity contribution in [2.75, 3.05) is 32.1 Å². The zero-order chi connectivity index (χ0) is 15.3. The molecule has 20 heavy (non-hydrogen) atoms. The van der Waals surface area contributed by atoms with E-state index < -0.39 is 0 Å². The highest BCUT2D eigenvalue weighted by Gasteiger charge is 2.18. The number of nitriles is 1. The minimum Gasteiger partial charge on any atom is -0.347 e. The van der Waals surface area contributed by atoms with E-state index in [1.807, 2.05) is 31.7 Å². The molecule has 108 valence electrons. The van der Waals surface area contributed by atoms with Gasteiger partial charge < -0.3 is 9.80 Å². The Bertz CT molecular complexity index is 531. The van der Waals surface area contributed by atoms with E-state index in [2.05, 4.69) is 11.1 Å². The summed E-state index contributed by atoms with van der Waals surface area (Å²) < 4.78 is 0. The number of rotatable bonds is 5. The van der Waals surface area contributed by atoms with Gasteiger partial charge in [-0.25, -0.2) is 4.98 Å². The van der Waals surface area contributed by atoms with E-state index in [4.69, 9.17) is 0 Å². The number of aromatic nitrogens is 1. The summed E-state index contributed by atoms with van der Waals surface area (Å²) in [5, 5.41) is 9.34. The highest BCUT2D eigenvalue weighted by Crippen LogP contribution is 2.22. The Morgan fingerprint density at radius 1 is 1.40 bits per heavy atom. The fraction of sp³-hybridized carbons (Fsp3) is 0.533. The topological polar surface area (TPSA) is 60.2 Å². The van der Waals surface area contributed by atoms with Crippen molar-refractivity contribution in [3.63, 3.8) is 0 Å². The number of aryl methyl sites for hydroxylation is 2. The molecule has 0 fully saturated rings. The Labute approximate surface area is 120 Å². The molecule has 0 aliphatic heterocycles. The van der Waals surface area contributed by atoms with Crippen molar-refractivity contribution in [2.45, 2.75) is 27.2 Å². The molecule has 5 heteroatoms. The average Bonchev–Trinajstić information content (AvgIpc) is 2.37. The van der Waals surface area contributed by atoms with Crippen LogP contribution in [0.25, 0.3) is 0 Å². The maximum atomic E-state index is 11.9. The van der Waals surface area contributed by atoms with Crippen molar-refractivity contribution in [3.05, 3.63) is 22.9 Å². The second kappa shape index (κ2) is 6.90. The Morgan fingerprint density at radius 2 is 2.05 bits per heavy atom. The number of likely N-dealkylation sites (N-methyl/N-ethyl adjacent to an activating group) is 1. The highest BCUT2D eigenvalue weighted by atomic mass is 16.2. The molecular formula is C15H22N4O. The lowest BCUT2D eigenvalue weighted by Gasteiger charge is -2.26. The molecule has 0 atom stereocenters. The number of hydrogen-bond donors (Lipinski definition) is 0. The molecule has 1 rings (SSSR count). The van der Waals surface area contributed by atoms with Crippen LogP contribution < -0.4 is 4.90 Å². The van der Waals surface area contributed by atoms with Crippen molar-refractivity contribution < 1.29 is 4.79 Å². The summed E-state index contributed by atoms with van der Waals surface area (Å²) in [6.45, 7) is 6.78. The molecule has 1 heterocycles. The van der Waals surface area contributed by atoms with E-state index in [9.17, 15) is 10.1 Å². The van der Waals surface area contributed by atoms with Gasteiger partial charge in [0.05, 0.1) is 12.1 Å². The van der Waals surface area contributed by atoms with Gasteiger partial charge in [0.15, 0.2) is 0 Å². The minimum atomic E-state index is 0.00305. The fourth-order valence-electron chi connectivity index (χ4n) is 2.02. The number of anilines is 1. The predicted molar refractivity (Wildman–Crippen MR) is 79.6 cm³/mol. The lowest BCUT2D eigenvalue weighted by atomic mass is 10.1. The predicted octanol–water partition coefficient (Wildman–Crippen LogP) is 1.87. The molecule has 5 nitrogen and oxygen atoms in total. The third-order valence-corrected chi connectivity index (χ3v) is 3.06. The number of pyridine rings is 1.